The number of fused-ring (bicyclic) bond motifs is 2. The third-order valence-electron chi connectivity index (χ3n) is 5.10. The first-order valence-electron chi connectivity index (χ1n) is 9.59. The number of ether oxygens (including phenoxy) is 1. The summed E-state index contributed by atoms with van der Waals surface area (Å²) in [5, 5.41) is 3.36. The zero-order chi connectivity index (χ0) is 20.2. The van der Waals surface area contributed by atoms with Crippen LogP contribution in [0.4, 0.5) is 0 Å². The number of hydrogen-bond acceptors (Lipinski definition) is 5. The van der Waals surface area contributed by atoms with Gasteiger partial charge in [-0.15, -0.1) is 0 Å². The maximum atomic E-state index is 12.4. The van der Waals surface area contributed by atoms with Crippen LogP contribution in [-0.4, -0.2) is 28.0 Å². The Balaban J connectivity index is 1.34. The third-order valence-corrected chi connectivity index (χ3v) is 5.10. The number of aryl methyl sites for hydroxylation is 1. The van der Waals surface area contributed by atoms with E-state index in [0.717, 1.165) is 24.8 Å². The standard InChI is InChI=1S/C22H21N3O4/c26-20(24-19-11-5-7-15-6-1-2-8-16(15)19)13-29-21(27)12-25-14-23-18-10-4-3-9-17(18)22(25)28/h1-4,6,8-10,14,19H,5,7,11-13H2,(H,24,26)/t19-/m0/s1. The van der Waals surface area contributed by atoms with Gasteiger partial charge in [0.15, 0.2) is 6.61 Å². The van der Waals surface area contributed by atoms with E-state index >= 15 is 0 Å². The first-order valence-corrected chi connectivity index (χ1v) is 9.59. The summed E-state index contributed by atoms with van der Waals surface area (Å²) in [5.74, 6) is -1.02. The van der Waals surface area contributed by atoms with Crippen LogP contribution in [0.25, 0.3) is 10.9 Å². The molecule has 0 bridgehead atoms. The van der Waals surface area contributed by atoms with Crippen molar-refractivity contribution in [3.63, 3.8) is 0 Å². The normalized spacial score (nSPS) is 15.5. The Hall–Kier alpha value is -3.48. The molecule has 4 rings (SSSR count). The molecule has 2 aromatic carbocycles. The number of nitrogens with one attached hydrogen (secondary N) is 1. The van der Waals surface area contributed by atoms with Gasteiger partial charge in [-0.05, 0) is 42.5 Å². The van der Waals surface area contributed by atoms with Gasteiger partial charge in [0.1, 0.15) is 6.54 Å². The van der Waals surface area contributed by atoms with Gasteiger partial charge >= 0.3 is 5.97 Å². The molecule has 0 aliphatic heterocycles. The zero-order valence-corrected chi connectivity index (χ0v) is 15.8. The third kappa shape index (κ3) is 4.18. The lowest BCUT2D eigenvalue weighted by Crippen LogP contribution is -2.35. The average Bonchev–Trinajstić information content (AvgIpc) is 2.75. The topological polar surface area (TPSA) is 90.3 Å². The van der Waals surface area contributed by atoms with Gasteiger partial charge in [-0.2, -0.15) is 0 Å². The number of esters is 1. The molecule has 1 N–H and O–H groups in total. The van der Waals surface area contributed by atoms with Crippen LogP contribution in [0, 0.1) is 0 Å². The van der Waals surface area contributed by atoms with E-state index < -0.39 is 5.97 Å². The lowest BCUT2D eigenvalue weighted by Gasteiger charge is -2.26. The fourth-order valence-electron chi connectivity index (χ4n) is 3.69. The second-order valence-corrected chi connectivity index (χ2v) is 7.07. The minimum atomic E-state index is -0.664. The molecule has 0 unspecified atom stereocenters. The van der Waals surface area contributed by atoms with Gasteiger partial charge in [0.2, 0.25) is 0 Å². The highest BCUT2D eigenvalue weighted by Gasteiger charge is 2.21. The Morgan fingerprint density at radius 1 is 1.14 bits per heavy atom. The van der Waals surface area contributed by atoms with Crippen molar-refractivity contribution in [2.45, 2.75) is 31.8 Å². The number of hydrogen-bond donors (Lipinski definition) is 1. The van der Waals surface area contributed by atoms with Gasteiger partial charge in [-0.25, -0.2) is 4.98 Å². The van der Waals surface area contributed by atoms with Crippen LogP contribution < -0.4 is 10.9 Å². The van der Waals surface area contributed by atoms with Gasteiger partial charge in [0.05, 0.1) is 23.3 Å². The minimum absolute atomic E-state index is 0.0709. The smallest absolute Gasteiger partial charge is 0.326 e. The fourth-order valence-corrected chi connectivity index (χ4v) is 3.69. The average molecular weight is 391 g/mol. The van der Waals surface area contributed by atoms with E-state index in [2.05, 4.69) is 16.4 Å². The van der Waals surface area contributed by atoms with Crippen LogP contribution in [0.5, 0.6) is 0 Å². The van der Waals surface area contributed by atoms with Crippen LogP contribution >= 0.6 is 0 Å². The highest BCUT2D eigenvalue weighted by atomic mass is 16.5. The Kier molecular flexibility index (Phi) is 5.37. The number of carbonyl (C=O) groups excluding carboxylic acids is 2. The summed E-state index contributed by atoms with van der Waals surface area (Å²) in [6.45, 7) is -0.677. The summed E-state index contributed by atoms with van der Waals surface area (Å²) >= 11 is 0. The van der Waals surface area contributed by atoms with Crippen molar-refractivity contribution in [1.82, 2.24) is 14.9 Å². The van der Waals surface area contributed by atoms with E-state index in [1.807, 2.05) is 18.2 Å². The van der Waals surface area contributed by atoms with E-state index in [-0.39, 0.29) is 30.7 Å². The molecule has 148 valence electrons. The summed E-state index contributed by atoms with van der Waals surface area (Å²) in [6, 6.07) is 14.9. The number of nitrogens with zero attached hydrogens (tertiary/aromatic N) is 2. The Morgan fingerprint density at radius 3 is 2.83 bits per heavy atom. The lowest BCUT2D eigenvalue weighted by atomic mass is 9.88. The largest absolute Gasteiger partial charge is 0.454 e. The molecule has 1 aromatic heterocycles. The molecule has 3 aromatic rings. The van der Waals surface area contributed by atoms with Gasteiger partial charge in [-0.1, -0.05) is 36.4 Å². The molecule has 1 aliphatic rings. The predicted octanol–water partition coefficient (Wildman–Crippen LogP) is 2.13. The molecule has 7 heteroatoms. The van der Waals surface area contributed by atoms with Crippen molar-refractivity contribution in [3.05, 3.63) is 76.3 Å². The molecule has 0 fully saturated rings. The number of rotatable bonds is 5. The lowest BCUT2D eigenvalue weighted by molar-refractivity contribution is -0.149. The SMILES string of the molecule is O=C(COC(=O)Cn1cnc2ccccc2c1=O)N[C@H]1CCCc2ccccc21. The van der Waals surface area contributed by atoms with Crippen molar-refractivity contribution in [1.29, 1.82) is 0 Å². The van der Waals surface area contributed by atoms with Crippen LogP contribution in [0.15, 0.2) is 59.7 Å². The Labute approximate surface area is 167 Å². The monoisotopic (exact) mass is 391 g/mol. The number of para-hydroxylation sites is 1. The Morgan fingerprint density at radius 2 is 1.93 bits per heavy atom. The second-order valence-electron chi connectivity index (χ2n) is 7.07. The van der Waals surface area contributed by atoms with E-state index in [0.29, 0.717) is 10.9 Å². The molecule has 7 nitrogen and oxygen atoms in total. The van der Waals surface area contributed by atoms with E-state index in [4.69, 9.17) is 4.74 Å². The van der Waals surface area contributed by atoms with E-state index in [1.54, 1.807) is 24.3 Å². The molecule has 29 heavy (non-hydrogen) atoms. The molecule has 0 spiro atoms. The first-order chi connectivity index (χ1) is 14.1. The minimum Gasteiger partial charge on any atom is -0.454 e. The zero-order valence-electron chi connectivity index (χ0n) is 15.8. The van der Waals surface area contributed by atoms with E-state index in [1.165, 1.54) is 16.5 Å². The fraction of sp³-hybridized carbons (Fsp3) is 0.273. The summed E-state index contributed by atoms with van der Waals surface area (Å²) < 4.78 is 6.25. The maximum absolute atomic E-state index is 12.4. The van der Waals surface area contributed by atoms with Crippen LogP contribution in [-0.2, 0) is 27.3 Å². The van der Waals surface area contributed by atoms with Crippen LogP contribution in [0.2, 0.25) is 0 Å². The number of carbonyl (C=O) groups is 2. The summed E-state index contributed by atoms with van der Waals surface area (Å²) in [6.07, 6.45) is 4.17. The Bertz CT molecular complexity index is 1120. The summed E-state index contributed by atoms with van der Waals surface area (Å²) in [4.78, 5) is 40.9. The molecular weight excluding hydrogens is 370 g/mol. The number of aromatic nitrogens is 2. The van der Waals surface area contributed by atoms with Gasteiger partial charge in [0, 0.05) is 0 Å². The highest BCUT2D eigenvalue weighted by Crippen LogP contribution is 2.29. The molecule has 0 radical (unpaired) electrons. The van der Waals surface area contributed by atoms with Crippen molar-refractivity contribution >= 4 is 22.8 Å². The van der Waals surface area contributed by atoms with Crippen molar-refractivity contribution in [2.24, 2.45) is 0 Å². The molecule has 1 atom stereocenters. The summed E-state index contributed by atoms with van der Waals surface area (Å²) in [5.41, 5.74) is 2.60. The van der Waals surface area contributed by atoms with Crippen LogP contribution in [0.3, 0.4) is 0 Å². The molecule has 1 heterocycles. The van der Waals surface area contributed by atoms with Crippen LogP contribution in [0.1, 0.15) is 30.0 Å². The highest BCUT2D eigenvalue weighted by molar-refractivity contribution is 5.81. The number of benzene rings is 2. The molecule has 1 amide bonds. The molecular formula is C22H21N3O4. The van der Waals surface area contributed by atoms with Crippen molar-refractivity contribution < 1.29 is 14.3 Å². The van der Waals surface area contributed by atoms with Gasteiger partial charge < -0.3 is 10.1 Å². The van der Waals surface area contributed by atoms with Gasteiger partial charge in [-0.3, -0.25) is 19.0 Å². The molecule has 0 saturated heterocycles. The van der Waals surface area contributed by atoms with Crippen molar-refractivity contribution in [3.8, 4) is 0 Å². The predicted molar refractivity (Wildman–Crippen MR) is 107 cm³/mol. The van der Waals surface area contributed by atoms with Crippen molar-refractivity contribution in [2.75, 3.05) is 6.61 Å². The van der Waals surface area contributed by atoms with E-state index in [9.17, 15) is 14.4 Å². The molecule has 0 saturated carbocycles. The quantitative estimate of drug-likeness (QED) is 0.673. The second kappa shape index (κ2) is 8.26. The van der Waals surface area contributed by atoms with Gasteiger partial charge in [0.25, 0.3) is 11.5 Å². The maximum Gasteiger partial charge on any atom is 0.326 e. The molecule has 1 aliphatic carbocycles. The number of amides is 1. The summed E-state index contributed by atoms with van der Waals surface area (Å²) in [7, 11) is 0. The first kappa shape index (κ1) is 18.9.